The van der Waals surface area contributed by atoms with Crippen LogP contribution in [0.2, 0.25) is 0 Å². The first-order chi connectivity index (χ1) is 8.81. The Morgan fingerprint density at radius 2 is 2.00 bits per heavy atom. The summed E-state index contributed by atoms with van der Waals surface area (Å²) in [6.07, 6.45) is 0.309. The Kier molecular flexibility index (Phi) is 4.87. The fourth-order valence-electron chi connectivity index (χ4n) is 1.40. The van der Waals surface area contributed by atoms with Gasteiger partial charge in [0, 0.05) is 0 Å². The number of urea groups is 1. The lowest BCUT2D eigenvalue weighted by molar-refractivity contribution is -0.141. The Hall–Kier alpha value is -2.09. The molecule has 0 saturated carbocycles. The molecule has 0 aliphatic carbocycles. The number of hydrogen-bond acceptors (Lipinski definition) is 5. The summed E-state index contributed by atoms with van der Waals surface area (Å²) in [5.74, 6) is -0.391. The van der Waals surface area contributed by atoms with E-state index >= 15 is 0 Å². The van der Waals surface area contributed by atoms with Crippen molar-refractivity contribution < 1.29 is 24.2 Å². The Balaban J connectivity index is 2.57. The van der Waals surface area contributed by atoms with Gasteiger partial charge >= 0.3 is 12.0 Å². The molecule has 0 radical (unpaired) electrons. The second-order valence-electron chi connectivity index (χ2n) is 4.21. The SMILES string of the molecule is Cc1cnc(C(C)NC(=O)N[C@H](C(=O)O)[C@@H](C)O)o1. The number of carbonyl (C=O) groups excluding carboxylic acids is 1. The quantitative estimate of drug-likeness (QED) is 0.605. The van der Waals surface area contributed by atoms with E-state index in [4.69, 9.17) is 9.52 Å². The number of aryl methyl sites for hydroxylation is 1. The van der Waals surface area contributed by atoms with E-state index in [1.807, 2.05) is 0 Å². The Bertz CT molecular complexity index is 457. The van der Waals surface area contributed by atoms with Gasteiger partial charge in [0.05, 0.1) is 12.3 Å². The zero-order valence-electron chi connectivity index (χ0n) is 10.9. The minimum atomic E-state index is -1.38. The number of aliphatic carboxylic acids is 1. The zero-order valence-corrected chi connectivity index (χ0v) is 10.9. The van der Waals surface area contributed by atoms with Crippen molar-refractivity contribution in [1.29, 1.82) is 0 Å². The van der Waals surface area contributed by atoms with E-state index in [9.17, 15) is 14.7 Å². The molecule has 8 nitrogen and oxygen atoms in total. The monoisotopic (exact) mass is 271 g/mol. The predicted octanol–water partition coefficient (Wildman–Crippen LogP) is 0.177. The van der Waals surface area contributed by atoms with Crippen LogP contribution < -0.4 is 10.6 Å². The summed E-state index contributed by atoms with van der Waals surface area (Å²) in [5.41, 5.74) is 0. The van der Waals surface area contributed by atoms with Crippen molar-refractivity contribution in [1.82, 2.24) is 15.6 Å². The minimum Gasteiger partial charge on any atom is -0.480 e. The van der Waals surface area contributed by atoms with Crippen LogP contribution in [0.1, 0.15) is 31.5 Å². The van der Waals surface area contributed by atoms with Crippen LogP contribution in [0.5, 0.6) is 0 Å². The van der Waals surface area contributed by atoms with Gasteiger partial charge in [-0.3, -0.25) is 0 Å². The van der Waals surface area contributed by atoms with Crippen molar-refractivity contribution in [3.8, 4) is 0 Å². The number of nitrogens with zero attached hydrogens (tertiary/aromatic N) is 1. The molecule has 0 saturated heterocycles. The van der Waals surface area contributed by atoms with Crippen molar-refractivity contribution in [3.05, 3.63) is 17.8 Å². The molecule has 2 amide bonds. The third kappa shape index (κ3) is 4.25. The van der Waals surface area contributed by atoms with E-state index in [2.05, 4.69) is 15.6 Å². The number of carboxylic acids is 1. The number of rotatable bonds is 5. The molecule has 0 aliphatic heterocycles. The molecule has 106 valence electrons. The molecule has 0 aliphatic rings. The molecule has 19 heavy (non-hydrogen) atoms. The maximum absolute atomic E-state index is 11.6. The second-order valence-corrected chi connectivity index (χ2v) is 4.21. The summed E-state index contributed by atoms with van der Waals surface area (Å²) in [5, 5.41) is 22.7. The maximum atomic E-state index is 11.6. The van der Waals surface area contributed by atoms with Crippen molar-refractivity contribution in [2.75, 3.05) is 0 Å². The third-order valence-corrected chi connectivity index (χ3v) is 2.39. The number of carboxylic acid groups (broad SMARTS) is 1. The molecule has 8 heteroatoms. The van der Waals surface area contributed by atoms with Crippen LogP contribution in [-0.4, -0.2) is 39.3 Å². The van der Waals surface area contributed by atoms with Crippen molar-refractivity contribution >= 4 is 12.0 Å². The van der Waals surface area contributed by atoms with Crippen molar-refractivity contribution in [3.63, 3.8) is 0 Å². The van der Waals surface area contributed by atoms with E-state index in [1.165, 1.54) is 13.1 Å². The number of carbonyl (C=O) groups is 2. The van der Waals surface area contributed by atoms with E-state index in [1.54, 1.807) is 13.8 Å². The van der Waals surface area contributed by atoms with Crippen molar-refractivity contribution in [2.24, 2.45) is 0 Å². The smallest absolute Gasteiger partial charge is 0.328 e. The zero-order chi connectivity index (χ0) is 14.6. The van der Waals surface area contributed by atoms with E-state index in [0.29, 0.717) is 11.7 Å². The van der Waals surface area contributed by atoms with Crippen LogP contribution in [0.4, 0.5) is 4.79 Å². The van der Waals surface area contributed by atoms with Crippen LogP contribution in [0.15, 0.2) is 10.6 Å². The van der Waals surface area contributed by atoms with Gasteiger partial charge in [-0.1, -0.05) is 0 Å². The summed E-state index contributed by atoms with van der Waals surface area (Å²) in [7, 11) is 0. The van der Waals surface area contributed by atoms with Crippen molar-refractivity contribution in [2.45, 2.75) is 39.0 Å². The van der Waals surface area contributed by atoms with Crippen LogP contribution in [0.3, 0.4) is 0 Å². The molecule has 1 heterocycles. The van der Waals surface area contributed by atoms with Gasteiger partial charge < -0.3 is 25.3 Å². The van der Waals surface area contributed by atoms with Crippen LogP contribution in [0, 0.1) is 6.92 Å². The lowest BCUT2D eigenvalue weighted by Gasteiger charge is -2.18. The average molecular weight is 271 g/mol. The number of hydrogen-bond donors (Lipinski definition) is 4. The Morgan fingerprint density at radius 1 is 1.37 bits per heavy atom. The second kappa shape index (κ2) is 6.19. The molecule has 0 aromatic carbocycles. The molecule has 0 fully saturated rings. The molecule has 1 aromatic rings. The lowest BCUT2D eigenvalue weighted by atomic mass is 10.2. The van der Waals surface area contributed by atoms with Gasteiger partial charge in [-0.15, -0.1) is 0 Å². The highest BCUT2D eigenvalue weighted by Crippen LogP contribution is 2.11. The highest BCUT2D eigenvalue weighted by molar-refractivity contribution is 5.83. The van der Waals surface area contributed by atoms with E-state index in [0.717, 1.165) is 0 Å². The fourth-order valence-corrected chi connectivity index (χ4v) is 1.40. The van der Waals surface area contributed by atoms with Gasteiger partial charge in [0.25, 0.3) is 0 Å². The normalized spacial score (nSPS) is 15.4. The van der Waals surface area contributed by atoms with Crippen LogP contribution in [-0.2, 0) is 4.79 Å². The molecule has 0 bridgehead atoms. The number of amides is 2. The maximum Gasteiger partial charge on any atom is 0.328 e. The molecule has 3 atom stereocenters. The van der Waals surface area contributed by atoms with Crippen LogP contribution in [0.25, 0.3) is 0 Å². The van der Waals surface area contributed by atoms with E-state index in [-0.39, 0.29) is 0 Å². The first kappa shape index (κ1) is 15.0. The van der Waals surface area contributed by atoms with Gasteiger partial charge in [-0.25, -0.2) is 14.6 Å². The molecule has 1 unspecified atom stereocenters. The minimum absolute atomic E-state index is 0.316. The number of aliphatic hydroxyl groups is 1. The van der Waals surface area contributed by atoms with Gasteiger partial charge in [0.15, 0.2) is 6.04 Å². The first-order valence-corrected chi connectivity index (χ1v) is 5.71. The Labute approximate surface area is 109 Å². The number of aliphatic hydroxyl groups excluding tert-OH is 1. The summed E-state index contributed by atoms with van der Waals surface area (Å²) >= 11 is 0. The number of aromatic nitrogens is 1. The summed E-state index contributed by atoms with van der Waals surface area (Å²) in [6.45, 7) is 4.64. The lowest BCUT2D eigenvalue weighted by Crippen LogP contribution is -2.51. The van der Waals surface area contributed by atoms with Gasteiger partial charge in [-0.2, -0.15) is 0 Å². The van der Waals surface area contributed by atoms with E-state index < -0.39 is 30.2 Å². The highest BCUT2D eigenvalue weighted by Gasteiger charge is 2.26. The first-order valence-electron chi connectivity index (χ1n) is 5.71. The van der Waals surface area contributed by atoms with Gasteiger partial charge in [-0.05, 0) is 20.8 Å². The third-order valence-electron chi connectivity index (χ3n) is 2.39. The van der Waals surface area contributed by atoms with Gasteiger partial charge in [0.2, 0.25) is 5.89 Å². The average Bonchev–Trinajstić information content (AvgIpc) is 2.72. The predicted molar refractivity (Wildman–Crippen MR) is 64.4 cm³/mol. The molecule has 4 N–H and O–H groups in total. The highest BCUT2D eigenvalue weighted by atomic mass is 16.4. The molecule has 1 rings (SSSR count). The number of nitrogens with one attached hydrogen (secondary N) is 2. The molecular weight excluding hydrogens is 254 g/mol. The summed E-state index contributed by atoms with van der Waals surface area (Å²) < 4.78 is 5.23. The topological polar surface area (TPSA) is 125 Å². The Morgan fingerprint density at radius 3 is 2.42 bits per heavy atom. The largest absolute Gasteiger partial charge is 0.480 e. The molecule has 1 aromatic heterocycles. The standard InChI is InChI=1S/C11H17N3O5/c1-5-4-12-9(19-5)6(2)13-11(18)14-8(7(3)15)10(16)17/h4,6-8,15H,1-3H3,(H,16,17)(H2,13,14,18)/t6?,7-,8+/m1/s1. The summed E-state index contributed by atoms with van der Waals surface area (Å²) in [6, 6.07) is -2.62. The molecule has 0 spiro atoms. The molecular formula is C11H17N3O5. The summed E-state index contributed by atoms with van der Waals surface area (Å²) in [4.78, 5) is 26.3. The van der Waals surface area contributed by atoms with Crippen LogP contribution >= 0.6 is 0 Å². The number of oxazole rings is 1. The fraction of sp³-hybridized carbons (Fsp3) is 0.545. The van der Waals surface area contributed by atoms with Gasteiger partial charge in [0.1, 0.15) is 11.8 Å².